The van der Waals surface area contributed by atoms with Crippen molar-refractivity contribution >= 4 is 22.8 Å². The molecule has 6 nitrogen and oxygen atoms in total. The maximum Gasteiger partial charge on any atom is 0.226 e. The van der Waals surface area contributed by atoms with E-state index in [0.717, 1.165) is 29.9 Å². The molecule has 0 atom stereocenters. The third-order valence-corrected chi connectivity index (χ3v) is 1.99. The summed E-state index contributed by atoms with van der Waals surface area (Å²) in [7, 11) is 0. The lowest BCUT2D eigenvalue weighted by Gasteiger charge is -2.06. The second kappa shape index (κ2) is 4.12. The molecule has 0 amide bonds. The summed E-state index contributed by atoms with van der Waals surface area (Å²) in [6.07, 6.45) is 1.73. The molecule has 15 heavy (non-hydrogen) atoms. The van der Waals surface area contributed by atoms with Crippen molar-refractivity contribution in [3.63, 3.8) is 0 Å². The number of aromatic nitrogens is 4. The zero-order valence-corrected chi connectivity index (χ0v) is 8.83. The molecule has 0 aromatic carbocycles. The van der Waals surface area contributed by atoms with Crippen LogP contribution in [0.25, 0.3) is 11.0 Å². The molecule has 0 radical (unpaired) electrons. The summed E-state index contributed by atoms with van der Waals surface area (Å²) in [6, 6.07) is 0. The predicted octanol–water partition coefficient (Wildman–Crippen LogP) is 1.22. The summed E-state index contributed by atoms with van der Waals surface area (Å²) in [5.41, 5.74) is 0.747. The smallest absolute Gasteiger partial charge is 0.226 e. The molecule has 0 aliphatic carbocycles. The van der Waals surface area contributed by atoms with E-state index in [2.05, 4.69) is 30.8 Å². The molecule has 0 aliphatic rings. The van der Waals surface area contributed by atoms with Crippen molar-refractivity contribution in [3.8, 4) is 0 Å². The van der Waals surface area contributed by atoms with Gasteiger partial charge in [0.2, 0.25) is 5.95 Å². The van der Waals surface area contributed by atoms with E-state index in [1.807, 2.05) is 13.8 Å². The van der Waals surface area contributed by atoms with E-state index >= 15 is 0 Å². The topological polar surface area (TPSA) is 78.5 Å². The van der Waals surface area contributed by atoms with E-state index in [1.165, 1.54) is 0 Å². The van der Waals surface area contributed by atoms with Gasteiger partial charge in [-0.2, -0.15) is 15.1 Å². The molecule has 6 heteroatoms. The van der Waals surface area contributed by atoms with Crippen LogP contribution in [0.5, 0.6) is 0 Å². The first-order chi connectivity index (χ1) is 7.35. The number of aromatic amines is 1. The number of H-pyrrole nitrogens is 1. The van der Waals surface area contributed by atoms with Gasteiger partial charge < -0.3 is 10.6 Å². The third-order valence-electron chi connectivity index (χ3n) is 1.99. The molecule has 0 spiro atoms. The summed E-state index contributed by atoms with van der Waals surface area (Å²) in [5.74, 6) is 1.43. The van der Waals surface area contributed by atoms with E-state index in [9.17, 15) is 0 Å². The molecule has 0 saturated heterocycles. The van der Waals surface area contributed by atoms with Crippen LogP contribution >= 0.6 is 0 Å². The van der Waals surface area contributed by atoms with Gasteiger partial charge in [0, 0.05) is 13.1 Å². The summed E-state index contributed by atoms with van der Waals surface area (Å²) < 4.78 is 0. The quantitative estimate of drug-likeness (QED) is 0.701. The van der Waals surface area contributed by atoms with Gasteiger partial charge in [-0.05, 0) is 13.8 Å². The van der Waals surface area contributed by atoms with Gasteiger partial charge in [0.05, 0.1) is 11.6 Å². The van der Waals surface area contributed by atoms with Crippen LogP contribution in [-0.4, -0.2) is 33.3 Å². The monoisotopic (exact) mass is 206 g/mol. The molecule has 2 heterocycles. The first-order valence-electron chi connectivity index (χ1n) is 5.04. The fourth-order valence-electron chi connectivity index (χ4n) is 1.37. The van der Waals surface area contributed by atoms with Crippen LogP contribution in [0.3, 0.4) is 0 Å². The van der Waals surface area contributed by atoms with Gasteiger partial charge in [-0.1, -0.05) is 0 Å². The van der Waals surface area contributed by atoms with Crippen LogP contribution in [0.4, 0.5) is 11.8 Å². The molecular formula is C9H14N6. The number of nitrogens with one attached hydrogen (secondary N) is 3. The van der Waals surface area contributed by atoms with Gasteiger partial charge in [-0.15, -0.1) is 0 Å². The molecule has 0 aliphatic heterocycles. The normalized spacial score (nSPS) is 10.5. The van der Waals surface area contributed by atoms with Gasteiger partial charge in [0.25, 0.3) is 0 Å². The lowest BCUT2D eigenvalue weighted by atomic mass is 10.4. The van der Waals surface area contributed by atoms with E-state index < -0.39 is 0 Å². The lowest BCUT2D eigenvalue weighted by molar-refractivity contribution is 1.06. The molecule has 3 N–H and O–H groups in total. The molecule has 0 fully saturated rings. The van der Waals surface area contributed by atoms with Crippen LogP contribution in [-0.2, 0) is 0 Å². The predicted molar refractivity (Wildman–Crippen MR) is 60.0 cm³/mol. The Bertz CT molecular complexity index is 449. The Labute approximate surface area is 87.5 Å². The maximum atomic E-state index is 4.36. The molecule has 2 aromatic heterocycles. The van der Waals surface area contributed by atoms with E-state index in [0.29, 0.717) is 5.95 Å². The minimum Gasteiger partial charge on any atom is -0.370 e. The zero-order chi connectivity index (χ0) is 10.7. The number of rotatable bonds is 4. The van der Waals surface area contributed by atoms with Crippen LogP contribution in [0, 0.1) is 0 Å². The summed E-state index contributed by atoms with van der Waals surface area (Å²) in [5, 5.41) is 14.0. The molecule has 0 saturated carbocycles. The Balaban J connectivity index is 2.48. The lowest BCUT2D eigenvalue weighted by Crippen LogP contribution is -2.06. The van der Waals surface area contributed by atoms with E-state index in [4.69, 9.17) is 0 Å². The van der Waals surface area contributed by atoms with Gasteiger partial charge >= 0.3 is 0 Å². The summed E-state index contributed by atoms with van der Waals surface area (Å²) in [4.78, 5) is 8.65. The minimum absolute atomic E-state index is 0.616. The Morgan fingerprint density at radius 1 is 1.20 bits per heavy atom. The van der Waals surface area contributed by atoms with Gasteiger partial charge in [0.15, 0.2) is 5.65 Å². The fourth-order valence-corrected chi connectivity index (χ4v) is 1.37. The Morgan fingerprint density at radius 3 is 2.73 bits per heavy atom. The number of fused-ring (bicyclic) bond motifs is 1. The van der Waals surface area contributed by atoms with E-state index in [-0.39, 0.29) is 0 Å². The zero-order valence-electron chi connectivity index (χ0n) is 8.83. The SMILES string of the molecule is CCNc1nc(NCC)c2cn[nH]c2n1. The van der Waals surface area contributed by atoms with Crippen molar-refractivity contribution in [2.45, 2.75) is 13.8 Å². The standard InChI is InChI=1S/C9H14N6/c1-3-10-7-6-5-12-15-8(6)14-9(13-7)11-4-2/h5H,3-4H2,1-2H3,(H3,10,11,12,13,14,15). The summed E-state index contributed by atoms with van der Waals surface area (Å²) >= 11 is 0. The van der Waals surface area contributed by atoms with Gasteiger partial charge in [-0.25, -0.2) is 0 Å². The largest absolute Gasteiger partial charge is 0.370 e. The highest BCUT2D eigenvalue weighted by Crippen LogP contribution is 2.19. The van der Waals surface area contributed by atoms with Crippen molar-refractivity contribution < 1.29 is 0 Å². The third kappa shape index (κ3) is 1.83. The maximum absolute atomic E-state index is 4.36. The van der Waals surface area contributed by atoms with Crippen LogP contribution < -0.4 is 10.6 Å². The highest BCUT2D eigenvalue weighted by molar-refractivity contribution is 5.86. The van der Waals surface area contributed by atoms with Crippen LogP contribution in [0.15, 0.2) is 6.20 Å². The van der Waals surface area contributed by atoms with Gasteiger partial charge in [-0.3, -0.25) is 5.10 Å². The first kappa shape index (κ1) is 9.70. The molecular weight excluding hydrogens is 192 g/mol. The van der Waals surface area contributed by atoms with Crippen molar-refractivity contribution in [1.29, 1.82) is 0 Å². The van der Waals surface area contributed by atoms with Crippen LogP contribution in [0.2, 0.25) is 0 Å². The molecule has 0 unspecified atom stereocenters. The first-order valence-corrected chi connectivity index (χ1v) is 5.04. The summed E-state index contributed by atoms with van der Waals surface area (Å²) in [6.45, 7) is 5.66. The Morgan fingerprint density at radius 2 is 2.00 bits per heavy atom. The second-order valence-corrected chi connectivity index (χ2v) is 3.09. The number of nitrogens with zero attached hydrogens (tertiary/aromatic N) is 3. The molecule has 2 aromatic rings. The van der Waals surface area contributed by atoms with E-state index in [1.54, 1.807) is 6.20 Å². The minimum atomic E-state index is 0.616. The Kier molecular flexibility index (Phi) is 2.66. The molecule has 0 bridgehead atoms. The average Bonchev–Trinajstić information content (AvgIpc) is 2.67. The van der Waals surface area contributed by atoms with Crippen molar-refractivity contribution in [3.05, 3.63) is 6.20 Å². The highest BCUT2D eigenvalue weighted by atomic mass is 15.2. The van der Waals surface area contributed by atoms with Crippen LogP contribution in [0.1, 0.15) is 13.8 Å². The van der Waals surface area contributed by atoms with Gasteiger partial charge in [0.1, 0.15) is 5.82 Å². The fraction of sp³-hybridized carbons (Fsp3) is 0.444. The second-order valence-electron chi connectivity index (χ2n) is 3.09. The highest BCUT2D eigenvalue weighted by Gasteiger charge is 2.07. The molecule has 2 rings (SSSR count). The Hall–Kier alpha value is -1.85. The average molecular weight is 206 g/mol. The van der Waals surface area contributed by atoms with Crippen molar-refractivity contribution in [2.24, 2.45) is 0 Å². The van der Waals surface area contributed by atoms with Crippen molar-refractivity contribution in [1.82, 2.24) is 20.2 Å². The number of hydrogen-bond acceptors (Lipinski definition) is 5. The number of hydrogen-bond donors (Lipinski definition) is 3. The number of anilines is 2. The van der Waals surface area contributed by atoms with Crippen molar-refractivity contribution in [2.75, 3.05) is 23.7 Å². The molecule has 80 valence electrons.